The largest absolute Gasteiger partial charge is 0.445 e. The molecule has 0 fully saturated rings. The van der Waals surface area contributed by atoms with Gasteiger partial charge in [-0.2, -0.15) is 13.2 Å². The van der Waals surface area contributed by atoms with Gasteiger partial charge in [0.25, 0.3) is 0 Å². The summed E-state index contributed by atoms with van der Waals surface area (Å²) in [6, 6.07) is -0.269. The van der Waals surface area contributed by atoms with Crippen LogP contribution in [0.3, 0.4) is 0 Å². The molecule has 3 N–H and O–H groups in total. The molecule has 10 heteroatoms. The molecule has 0 aromatic carbocycles. The number of oxime groups is 1. The standard InChI is InChI=1S/C8H12F3N5OS/c1-4(3-5(12)15-17)16(2)7-14-13-6(18-7)8(9,10)11/h4,17H,3H2,1-2H3,(H2,12,15). The molecule has 1 unspecified atom stereocenters. The number of hydrogen-bond acceptors (Lipinski definition) is 6. The van der Waals surface area contributed by atoms with Gasteiger partial charge in [-0.25, -0.2) is 0 Å². The van der Waals surface area contributed by atoms with Gasteiger partial charge in [0.05, 0.1) is 0 Å². The van der Waals surface area contributed by atoms with E-state index in [4.69, 9.17) is 10.9 Å². The van der Waals surface area contributed by atoms with Gasteiger partial charge in [-0.3, -0.25) is 0 Å². The van der Waals surface area contributed by atoms with Crippen LogP contribution in [0.5, 0.6) is 0 Å². The zero-order chi connectivity index (χ0) is 13.9. The molecule has 1 heterocycles. The molecular weight excluding hydrogens is 271 g/mol. The van der Waals surface area contributed by atoms with Crippen LogP contribution in [0.4, 0.5) is 18.3 Å². The van der Waals surface area contributed by atoms with Crippen molar-refractivity contribution >= 4 is 22.3 Å². The number of hydrogen-bond donors (Lipinski definition) is 2. The number of amidine groups is 1. The molecule has 0 aliphatic heterocycles. The van der Waals surface area contributed by atoms with Crippen LogP contribution in [0, 0.1) is 0 Å². The van der Waals surface area contributed by atoms with Gasteiger partial charge in [-0.1, -0.05) is 16.5 Å². The molecule has 0 bridgehead atoms. The van der Waals surface area contributed by atoms with Gasteiger partial charge >= 0.3 is 6.18 Å². The maximum absolute atomic E-state index is 12.3. The summed E-state index contributed by atoms with van der Waals surface area (Å²) in [5, 5.41) is 16.9. The highest BCUT2D eigenvalue weighted by Crippen LogP contribution is 2.34. The van der Waals surface area contributed by atoms with E-state index in [1.807, 2.05) is 0 Å². The summed E-state index contributed by atoms with van der Waals surface area (Å²) < 4.78 is 37.0. The summed E-state index contributed by atoms with van der Waals surface area (Å²) in [7, 11) is 1.57. The molecule has 0 saturated carbocycles. The van der Waals surface area contributed by atoms with Gasteiger partial charge in [-0.15, -0.1) is 10.2 Å². The first-order chi connectivity index (χ1) is 8.25. The third-order valence-electron chi connectivity index (χ3n) is 2.25. The molecule has 1 aromatic heterocycles. The van der Waals surface area contributed by atoms with Gasteiger partial charge in [0, 0.05) is 19.5 Å². The molecule has 0 aliphatic rings. The first-order valence-electron chi connectivity index (χ1n) is 4.85. The normalized spacial score (nSPS) is 14.6. The second-order valence-electron chi connectivity index (χ2n) is 3.64. The average molecular weight is 283 g/mol. The van der Waals surface area contributed by atoms with E-state index in [0.29, 0.717) is 11.3 Å². The fourth-order valence-electron chi connectivity index (χ4n) is 1.14. The van der Waals surface area contributed by atoms with Crippen LogP contribution < -0.4 is 10.6 Å². The summed E-state index contributed by atoms with van der Waals surface area (Å²) in [6.07, 6.45) is -4.29. The van der Waals surface area contributed by atoms with Crippen molar-refractivity contribution in [3.8, 4) is 0 Å². The summed E-state index contributed by atoms with van der Waals surface area (Å²) >= 11 is 0.446. The number of anilines is 1. The Balaban J connectivity index is 2.78. The van der Waals surface area contributed by atoms with Crippen molar-refractivity contribution in [1.82, 2.24) is 10.2 Å². The van der Waals surface area contributed by atoms with Gasteiger partial charge in [-0.05, 0) is 6.92 Å². The number of alkyl halides is 3. The molecular formula is C8H12F3N5OS. The number of aromatic nitrogens is 2. The number of nitrogens with two attached hydrogens (primary N) is 1. The van der Waals surface area contributed by atoms with E-state index < -0.39 is 11.2 Å². The second kappa shape index (κ2) is 5.38. The summed E-state index contributed by atoms with van der Waals surface area (Å²) in [5.41, 5.74) is 5.32. The quantitative estimate of drug-likeness (QED) is 0.378. The number of halogens is 3. The Kier molecular flexibility index (Phi) is 4.33. The van der Waals surface area contributed by atoms with Crippen LogP contribution in [-0.2, 0) is 6.18 Å². The van der Waals surface area contributed by atoms with Crippen LogP contribution in [0.25, 0.3) is 0 Å². The fourth-order valence-corrected chi connectivity index (χ4v) is 1.92. The van der Waals surface area contributed by atoms with E-state index in [9.17, 15) is 13.2 Å². The van der Waals surface area contributed by atoms with Crippen molar-refractivity contribution in [3.63, 3.8) is 0 Å². The first kappa shape index (κ1) is 14.5. The summed E-state index contributed by atoms with van der Waals surface area (Å²) in [6.45, 7) is 1.71. The number of rotatable bonds is 4. The van der Waals surface area contributed by atoms with E-state index in [1.54, 1.807) is 14.0 Å². The second-order valence-corrected chi connectivity index (χ2v) is 4.60. The average Bonchev–Trinajstić information content (AvgIpc) is 2.76. The molecule has 1 atom stereocenters. The lowest BCUT2D eigenvalue weighted by molar-refractivity contribution is -0.138. The van der Waals surface area contributed by atoms with Gasteiger partial charge in [0.2, 0.25) is 10.1 Å². The van der Waals surface area contributed by atoms with Crippen LogP contribution in [0.15, 0.2) is 5.16 Å². The molecule has 0 amide bonds. The number of nitrogens with zero attached hydrogens (tertiary/aromatic N) is 4. The summed E-state index contributed by atoms with van der Waals surface area (Å²) in [5.74, 6) is -0.00471. The van der Waals surface area contributed by atoms with Gasteiger partial charge in [0.1, 0.15) is 5.84 Å². The highest BCUT2D eigenvalue weighted by molar-refractivity contribution is 7.15. The van der Waals surface area contributed by atoms with Crippen molar-refractivity contribution in [2.75, 3.05) is 11.9 Å². The minimum atomic E-state index is -4.49. The smallest absolute Gasteiger partial charge is 0.409 e. The lowest BCUT2D eigenvalue weighted by atomic mass is 10.2. The maximum Gasteiger partial charge on any atom is 0.445 e. The summed E-state index contributed by atoms with van der Waals surface area (Å²) in [4.78, 5) is 1.49. The molecule has 1 aromatic rings. The van der Waals surface area contributed by atoms with E-state index in [1.165, 1.54) is 4.90 Å². The minimum absolute atomic E-state index is 0.00471. The van der Waals surface area contributed by atoms with E-state index in [0.717, 1.165) is 0 Å². The van der Waals surface area contributed by atoms with Gasteiger partial charge in [0.15, 0.2) is 0 Å². The monoisotopic (exact) mass is 283 g/mol. The lowest BCUT2D eigenvalue weighted by Gasteiger charge is -2.22. The third-order valence-corrected chi connectivity index (χ3v) is 3.31. The Bertz CT molecular complexity index is 433. The molecule has 1 rings (SSSR count). The van der Waals surface area contributed by atoms with Crippen molar-refractivity contribution in [2.45, 2.75) is 25.6 Å². The van der Waals surface area contributed by atoms with Crippen molar-refractivity contribution in [1.29, 1.82) is 0 Å². The van der Waals surface area contributed by atoms with Crippen molar-refractivity contribution in [3.05, 3.63) is 5.01 Å². The molecule has 102 valence electrons. The van der Waals surface area contributed by atoms with Crippen molar-refractivity contribution < 1.29 is 18.4 Å². The highest BCUT2D eigenvalue weighted by Gasteiger charge is 2.36. The topological polar surface area (TPSA) is 87.6 Å². The highest BCUT2D eigenvalue weighted by atomic mass is 32.1. The van der Waals surface area contributed by atoms with E-state index >= 15 is 0 Å². The fraction of sp³-hybridized carbons (Fsp3) is 0.625. The zero-order valence-corrected chi connectivity index (χ0v) is 10.5. The van der Waals surface area contributed by atoms with Crippen molar-refractivity contribution in [2.24, 2.45) is 10.9 Å². The predicted octanol–water partition coefficient (Wildman–Crippen LogP) is 1.52. The van der Waals surface area contributed by atoms with E-state index in [2.05, 4.69) is 15.4 Å². The SMILES string of the molecule is CC(CC(N)=NO)N(C)c1nnc(C(F)(F)F)s1. The molecule has 0 spiro atoms. The maximum atomic E-state index is 12.3. The molecule has 6 nitrogen and oxygen atoms in total. The molecule has 0 saturated heterocycles. The Morgan fingerprint density at radius 2 is 2.17 bits per heavy atom. The Morgan fingerprint density at radius 1 is 1.56 bits per heavy atom. The Hall–Kier alpha value is -1.58. The first-order valence-corrected chi connectivity index (χ1v) is 5.67. The van der Waals surface area contributed by atoms with Crippen LogP contribution in [0.1, 0.15) is 18.4 Å². The Labute approximate surface area is 105 Å². The van der Waals surface area contributed by atoms with E-state index in [-0.39, 0.29) is 23.4 Å². The molecule has 0 radical (unpaired) electrons. The predicted molar refractivity (Wildman–Crippen MR) is 60.8 cm³/mol. The van der Waals surface area contributed by atoms with Crippen LogP contribution in [-0.4, -0.2) is 34.3 Å². The molecule has 18 heavy (non-hydrogen) atoms. The lowest BCUT2D eigenvalue weighted by Crippen LogP contribution is -2.33. The zero-order valence-electron chi connectivity index (χ0n) is 9.64. The molecule has 0 aliphatic carbocycles. The Morgan fingerprint density at radius 3 is 2.61 bits per heavy atom. The van der Waals surface area contributed by atoms with Crippen LogP contribution in [0.2, 0.25) is 0 Å². The minimum Gasteiger partial charge on any atom is -0.409 e. The van der Waals surface area contributed by atoms with Crippen LogP contribution >= 0.6 is 11.3 Å². The third kappa shape index (κ3) is 3.45. The van der Waals surface area contributed by atoms with Gasteiger partial charge < -0.3 is 15.8 Å².